The first-order valence-corrected chi connectivity index (χ1v) is 8.15. The lowest BCUT2D eigenvalue weighted by Gasteiger charge is -2.30. The van der Waals surface area contributed by atoms with Crippen molar-refractivity contribution < 1.29 is 4.79 Å². The molecular weight excluding hydrogens is 272 g/mol. The molecule has 0 bridgehead atoms. The van der Waals surface area contributed by atoms with Crippen LogP contribution in [0.25, 0.3) is 0 Å². The monoisotopic (exact) mass is 302 g/mol. The Labute approximate surface area is 130 Å². The Kier molecular flexibility index (Phi) is 7.90. The zero-order chi connectivity index (χ0) is 13.7. The highest BCUT2D eigenvalue weighted by molar-refractivity contribution is 5.85. The smallest absolute Gasteiger partial charge is 0.220 e. The number of halogens is 1. The van der Waals surface area contributed by atoms with Gasteiger partial charge in [-0.1, -0.05) is 26.7 Å². The van der Waals surface area contributed by atoms with E-state index < -0.39 is 0 Å². The van der Waals surface area contributed by atoms with E-state index in [1.807, 2.05) is 0 Å². The van der Waals surface area contributed by atoms with Crippen molar-refractivity contribution in [1.29, 1.82) is 0 Å². The van der Waals surface area contributed by atoms with Crippen LogP contribution in [0, 0.1) is 17.8 Å². The van der Waals surface area contributed by atoms with Crippen molar-refractivity contribution in [2.45, 2.75) is 64.8 Å². The van der Waals surface area contributed by atoms with Crippen LogP contribution in [0.1, 0.15) is 58.8 Å². The van der Waals surface area contributed by atoms with Crippen LogP contribution in [0.4, 0.5) is 0 Å². The van der Waals surface area contributed by atoms with Gasteiger partial charge in [-0.15, -0.1) is 12.4 Å². The van der Waals surface area contributed by atoms with Crippen molar-refractivity contribution in [3.05, 3.63) is 0 Å². The zero-order valence-corrected chi connectivity index (χ0v) is 13.8. The van der Waals surface area contributed by atoms with Crippen LogP contribution in [0.5, 0.6) is 0 Å². The van der Waals surface area contributed by atoms with Crippen molar-refractivity contribution in [3.63, 3.8) is 0 Å². The predicted octanol–water partition coefficient (Wildman–Crippen LogP) is 3.13. The molecule has 0 radical (unpaired) electrons. The van der Waals surface area contributed by atoms with Gasteiger partial charge >= 0.3 is 0 Å². The minimum Gasteiger partial charge on any atom is -0.353 e. The number of carbonyl (C=O) groups excluding carboxylic acids is 1. The molecule has 0 spiro atoms. The molecule has 2 aliphatic rings. The van der Waals surface area contributed by atoms with Gasteiger partial charge in [0.15, 0.2) is 0 Å². The van der Waals surface area contributed by atoms with E-state index in [2.05, 4.69) is 24.5 Å². The summed E-state index contributed by atoms with van der Waals surface area (Å²) in [5, 5.41) is 6.66. The Balaban J connectivity index is 0.00000200. The van der Waals surface area contributed by atoms with Gasteiger partial charge in [-0.25, -0.2) is 0 Å². The van der Waals surface area contributed by atoms with Gasteiger partial charge in [0.2, 0.25) is 5.91 Å². The molecule has 20 heavy (non-hydrogen) atoms. The summed E-state index contributed by atoms with van der Waals surface area (Å²) in [7, 11) is 0. The SMILES string of the molecule is CC1CCCC(NC(=O)CC(C)C2CCNCC2)C1.Cl. The van der Waals surface area contributed by atoms with Crippen LogP contribution in [0.3, 0.4) is 0 Å². The molecule has 2 rings (SSSR count). The predicted molar refractivity (Wildman–Crippen MR) is 86.2 cm³/mol. The van der Waals surface area contributed by atoms with Crippen LogP contribution >= 0.6 is 12.4 Å². The van der Waals surface area contributed by atoms with Gasteiger partial charge in [0.25, 0.3) is 0 Å². The number of rotatable bonds is 4. The molecule has 1 aliphatic heterocycles. The Bertz CT molecular complexity index is 292. The third-order valence-corrected chi connectivity index (χ3v) is 5.00. The minimum atomic E-state index is 0. The summed E-state index contributed by atoms with van der Waals surface area (Å²) in [5.41, 5.74) is 0. The Morgan fingerprint density at radius 2 is 1.95 bits per heavy atom. The molecule has 1 heterocycles. The molecule has 118 valence electrons. The molecule has 4 heteroatoms. The molecule has 2 N–H and O–H groups in total. The molecule has 0 aromatic heterocycles. The molecule has 0 aromatic rings. The first-order valence-electron chi connectivity index (χ1n) is 8.15. The fraction of sp³-hybridized carbons (Fsp3) is 0.938. The summed E-state index contributed by atoms with van der Waals surface area (Å²) in [6.07, 6.45) is 8.14. The fourth-order valence-electron chi connectivity index (χ4n) is 3.72. The lowest BCUT2D eigenvalue weighted by Crippen LogP contribution is -2.39. The summed E-state index contributed by atoms with van der Waals surface area (Å²) in [6.45, 7) is 6.79. The second kappa shape index (κ2) is 8.89. The lowest BCUT2D eigenvalue weighted by molar-refractivity contribution is -0.123. The van der Waals surface area contributed by atoms with Gasteiger partial charge in [0, 0.05) is 12.5 Å². The molecular formula is C16H31ClN2O. The van der Waals surface area contributed by atoms with Gasteiger partial charge in [-0.2, -0.15) is 0 Å². The Morgan fingerprint density at radius 1 is 1.25 bits per heavy atom. The highest BCUT2D eigenvalue weighted by atomic mass is 35.5. The average Bonchev–Trinajstić information content (AvgIpc) is 2.39. The third-order valence-electron chi connectivity index (χ3n) is 5.00. The quantitative estimate of drug-likeness (QED) is 0.838. The van der Waals surface area contributed by atoms with Crippen molar-refractivity contribution in [2.24, 2.45) is 17.8 Å². The lowest BCUT2D eigenvalue weighted by atomic mass is 9.83. The largest absolute Gasteiger partial charge is 0.353 e. The molecule has 3 nitrogen and oxygen atoms in total. The maximum atomic E-state index is 12.1. The minimum absolute atomic E-state index is 0. The van der Waals surface area contributed by atoms with Crippen molar-refractivity contribution in [3.8, 4) is 0 Å². The first kappa shape index (κ1) is 17.8. The molecule has 3 atom stereocenters. The molecule has 0 aromatic carbocycles. The summed E-state index contributed by atoms with van der Waals surface area (Å²) in [5.74, 6) is 2.33. The van der Waals surface area contributed by atoms with E-state index in [9.17, 15) is 4.79 Å². The number of amides is 1. The summed E-state index contributed by atoms with van der Waals surface area (Å²) >= 11 is 0. The van der Waals surface area contributed by atoms with Gasteiger partial charge in [0.05, 0.1) is 0 Å². The Morgan fingerprint density at radius 3 is 2.60 bits per heavy atom. The van der Waals surface area contributed by atoms with E-state index in [-0.39, 0.29) is 18.3 Å². The van der Waals surface area contributed by atoms with Crippen LogP contribution < -0.4 is 10.6 Å². The van der Waals surface area contributed by atoms with Gasteiger partial charge in [-0.3, -0.25) is 4.79 Å². The van der Waals surface area contributed by atoms with Gasteiger partial charge < -0.3 is 10.6 Å². The number of hydrogen-bond donors (Lipinski definition) is 2. The molecule has 1 amide bonds. The van der Waals surface area contributed by atoms with Gasteiger partial charge in [0.1, 0.15) is 0 Å². The third kappa shape index (κ3) is 5.61. The maximum absolute atomic E-state index is 12.1. The number of hydrogen-bond acceptors (Lipinski definition) is 2. The van der Waals surface area contributed by atoms with E-state index in [0.717, 1.165) is 31.3 Å². The van der Waals surface area contributed by atoms with Crippen molar-refractivity contribution in [2.75, 3.05) is 13.1 Å². The normalized spacial score (nSPS) is 29.3. The first-order chi connectivity index (χ1) is 9.15. The molecule has 1 saturated heterocycles. The highest BCUT2D eigenvalue weighted by Gasteiger charge is 2.24. The zero-order valence-electron chi connectivity index (χ0n) is 13.0. The van der Waals surface area contributed by atoms with E-state index in [1.165, 1.54) is 38.5 Å². The molecule has 3 unspecified atom stereocenters. The number of piperidine rings is 1. The highest BCUT2D eigenvalue weighted by Crippen LogP contribution is 2.26. The van der Waals surface area contributed by atoms with Crippen LogP contribution in [-0.4, -0.2) is 25.0 Å². The fourth-order valence-corrected chi connectivity index (χ4v) is 3.72. The second-order valence-electron chi connectivity index (χ2n) is 6.81. The topological polar surface area (TPSA) is 41.1 Å². The summed E-state index contributed by atoms with van der Waals surface area (Å²) in [4.78, 5) is 12.1. The van der Waals surface area contributed by atoms with E-state index in [1.54, 1.807) is 0 Å². The van der Waals surface area contributed by atoms with Crippen LogP contribution in [0.15, 0.2) is 0 Å². The van der Waals surface area contributed by atoms with Crippen LogP contribution in [-0.2, 0) is 4.79 Å². The van der Waals surface area contributed by atoms with Crippen molar-refractivity contribution in [1.82, 2.24) is 10.6 Å². The van der Waals surface area contributed by atoms with Gasteiger partial charge in [-0.05, 0) is 56.5 Å². The van der Waals surface area contributed by atoms with E-state index >= 15 is 0 Å². The molecule has 1 aliphatic carbocycles. The maximum Gasteiger partial charge on any atom is 0.220 e. The standard InChI is InChI=1S/C16H30N2O.ClH/c1-12-4-3-5-15(10-12)18-16(19)11-13(2)14-6-8-17-9-7-14;/h12-15,17H,3-11H2,1-2H3,(H,18,19);1H. The van der Waals surface area contributed by atoms with E-state index in [4.69, 9.17) is 0 Å². The summed E-state index contributed by atoms with van der Waals surface area (Å²) < 4.78 is 0. The number of nitrogens with one attached hydrogen (secondary N) is 2. The van der Waals surface area contributed by atoms with E-state index in [0.29, 0.717) is 12.0 Å². The number of carbonyl (C=O) groups is 1. The van der Waals surface area contributed by atoms with Crippen LogP contribution in [0.2, 0.25) is 0 Å². The second-order valence-corrected chi connectivity index (χ2v) is 6.81. The van der Waals surface area contributed by atoms with Crippen molar-refractivity contribution >= 4 is 18.3 Å². The Hall–Kier alpha value is -0.280. The molecule has 2 fully saturated rings. The average molecular weight is 303 g/mol. The molecule has 1 saturated carbocycles. The summed E-state index contributed by atoms with van der Waals surface area (Å²) in [6, 6.07) is 0.441.